The molecule has 1 heterocycles. The molecule has 2 rings (SSSR count). The number of likely N-dealkylation sites (tertiary alicyclic amines) is 1. The molecule has 120 valence electrons. The van der Waals surface area contributed by atoms with Crippen molar-refractivity contribution < 1.29 is 14.7 Å². The van der Waals surface area contributed by atoms with E-state index < -0.39 is 6.09 Å². The molecule has 0 spiro atoms. The second-order valence-corrected chi connectivity index (χ2v) is 6.38. The zero-order chi connectivity index (χ0) is 15.2. The van der Waals surface area contributed by atoms with Crippen molar-refractivity contribution >= 4 is 12.0 Å². The highest BCUT2D eigenvalue weighted by Crippen LogP contribution is 2.25. The molecule has 2 fully saturated rings. The molecule has 4 N–H and O–H groups in total. The van der Waals surface area contributed by atoms with Crippen molar-refractivity contribution in [2.45, 2.75) is 51.0 Å². The summed E-state index contributed by atoms with van der Waals surface area (Å²) in [6.07, 6.45) is 6.51. The Morgan fingerprint density at radius 3 is 2.33 bits per heavy atom. The van der Waals surface area contributed by atoms with Crippen LogP contribution in [0.5, 0.6) is 0 Å². The van der Waals surface area contributed by atoms with Gasteiger partial charge in [-0.25, -0.2) is 4.79 Å². The van der Waals surface area contributed by atoms with Crippen molar-refractivity contribution in [1.82, 2.24) is 10.2 Å². The van der Waals surface area contributed by atoms with Gasteiger partial charge < -0.3 is 21.1 Å². The van der Waals surface area contributed by atoms with Crippen LogP contribution in [-0.4, -0.2) is 47.7 Å². The summed E-state index contributed by atoms with van der Waals surface area (Å²) in [4.78, 5) is 24.4. The number of carbonyl (C=O) groups is 2. The summed E-state index contributed by atoms with van der Waals surface area (Å²) in [5.41, 5.74) is 6.07. The molecule has 1 aliphatic carbocycles. The highest BCUT2D eigenvalue weighted by atomic mass is 16.4. The number of nitrogens with two attached hydrogens (primary N) is 1. The van der Waals surface area contributed by atoms with Gasteiger partial charge in [0.05, 0.1) is 6.04 Å². The van der Waals surface area contributed by atoms with Gasteiger partial charge in [0, 0.05) is 19.6 Å². The first-order chi connectivity index (χ1) is 10.1. The maximum absolute atomic E-state index is 12.1. The summed E-state index contributed by atoms with van der Waals surface area (Å²) < 4.78 is 0. The molecule has 0 aromatic heterocycles. The molecule has 2 amide bonds. The number of amides is 2. The molecule has 0 aromatic carbocycles. The molecular weight excluding hydrogens is 270 g/mol. The minimum atomic E-state index is -0.850. The first-order valence-electron chi connectivity index (χ1n) is 8.09. The van der Waals surface area contributed by atoms with Crippen LogP contribution in [0.25, 0.3) is 0 Å². The molecule has 0 aromatic rings. The minimum Gasteiger partial charge on any atom is -0.465 e. The van der Waals surface area contributed by atoms with Crippen LogP contribution >= 0.6 is 0 Å². The van der Waals surface area contributed by atoms with Crippen LogP contribution < -0.4 is 11.1 Å². The van der Waals surface area contributed by atoms with E-state index in [4.69, 9.17) is 10.8 Å². The first-order valence-corrected chi connectivity index (χ1v) is 8.09. The molecule has 6 heteroatoms. The Balaban J connectivity index is 1.68. The molecule has 21 heavy (non-hydrogen) atoms. The summed E-state index contributed by atoms with van der Waals surface area (Å²) in [6.45, 7) is 1.74. The van der Waals surface area contributed by atoms with Crippen molar-refractivity contribution in [3.05, 3.63) is 0 Å². The van der Waals surface area contributed by atoms with Crippen LogP contribution in [0.2, 0.25) is 0 Å². The van der Waals surface area contributed by atoms with Crippen LogP contribution in [0.1, 0.15) is 44.9 Å². The lowest BCUT2D eigenvalue weighted by molar-refractivity contribution is -0.124. The summed E-state index contributed by atoms with van der Waals surface area (Å²) in [6, 6.07) is -0.385. The average Bonchev–Trinajstić information content (AvgIpc) is 2.53. The lowest BCUT2D eigenvalue weighted by Crippen LogP contribution is -2.48. The molecule has 1 atom stereocenters. The summed E-state index contributed by atoms with van der Waals surface area (Å²) >= 11 is 0. The number of hydrogen-bond donors (Lipinski definition) is 3. The van der Waals surface area contributed by atoms with Crippen LogP contribution in [-0.2, 0) is 4.79 Å². The Hall–Kier alpha value is -1.30. The van der Waals surface area contributed by atoms with Gasteiger partial charge in [0.25, 0.3) is 0 Å². The Morgan fingerprint density at radius 1 is 1.14 bits per heavy atom. The van der Waals surface area contributed by atoms with E-state index in [2.05, 4.69) is 5.32 Å². The zero-order valence-electron chi connectivity index (χ0n) is 12.6. The maximum atomic E-state index is 12.1. The van der Waals surface area contributed by atoms with Gasteiger partial charge in [-0.2, -0.15) is 0 Å². The molecule has 0 bridgehead atoms. The van der Waals surface area contributed by atoms with E-state index in [-0.39, 0.29) is 11.9 Å². The number of nitrogens with zero attached hydrogens (tertiary/aromatic N) is 1. The van der Waals surface area contributed by atoms with Gasteiger partial charge >= 0.3 is 6.09 Å². The van der Waals surface area contributed by atoms with E-state index in [0.29, 0.717) is 31.5 Å². The molecule has 1 unspecified atom stereocenters. The average molecular weight is 297 g/mol. The molecule has 1 saturated carbocycles. The van der Waals surface area contributed by atoms with Gasteiger partial charge in [-0.05, 0) is 37.5 Å². The number of hydrogen-bond acceptors (Lipinski definition) is 3. The Bertz CT molecular complexity index is 361. The van der Waals surface area contributed by atoms with Crippen molar-refractivity contribution in [3.63, 3.8) is 0 Å². The fraction of sp³-hybridized carbons (Fsp3) is 0.867. The molecule has 6 nitrogen and oxygen atoms in total. The monoisotopic (exact) mass is 297 g/mol. The van der Waals surface area contributed by atoms with E-state index in [1.807, 2.05) is 0 Å². The number of carbonyl (C=O) groups excluding carboxylic acids is 1. The number of rotatable bonds is 4. The number of nitrogens with one attached hydrogen (secondary N) is 1. The van der Waals surface area contributed by atoms with Crippen molar-refractivity contribution in [2.75, 3.05) is 19.6 Å². The van der Waals surface area contributed by atoms with Crippen LogP contribution in [0.15, 0.2) is 0 Å². The largest absolute Gasteiger partial charge is 0.465 e. The molecule has 1 aliphatic heterocycles. The van der Waals surface area contributed by atoms with Gasteiger partial charge in [-0.3, -0.25) is 4.79 Å². The summed E-state index contributed by atoms with van der Waals surface area (Å²) in [7, 11) is 0. The van der Waals surface area contributed by atoms with E-state index in [9.17, 15) is 9.59 Å². The van der Waals surface area contributed by atoms with E-state index in [1.54, 1.807) is 0 Å². The first kappa shape index (κ1) is 16.1. The summed E-state index contributed by atoms with van der Waals surface area (Å²) in [5.74, 6) is 0.651. The quantitative estimate of drug-likeness (QED) is 0.731. The van der Waals surface area contributed by atoms with Gasteiger partial charge in [0.1, 0.15) is 0 Å². The third-order valence-electron chi connectivity index (χ3n) is 4.91. The Labute approximate surface area is 126 Å². The van der Waals surface area contributed by atoms with Crippen molar-refractivity contribution in [1.29, 1.82) is 0 Å². The van der Waals surface area contributed by atoms with Crippen LogP contribution in [0.4, 0.5) is 4.79 Å². The molecule has 0 radical (unpaired) electrons. The predicted molar refractivity (Wildman–Crippen MR) is 79.9 cm³/mol. The lowest BCUT2D eigenvalue weighted by Gasteiger charge is -2.31. The molecule has 2 aliphatic rings. The Kier molecular flexibility index (Phi) is 5.85. The maximum Gasteiger partial charge on any atom is 0.407 e. The van der Waals surface area contributed by atoms with Crippen molar-refractivity contribution in [2.24, 2.45) is 17.6 Å². The molecular formula is C15H27N3O3. The van der Waals surface area contributed by atoms with Gasteiger partial charge in [0.15, 0.2) is 0 Å². The number of carboxylic acid groups (broad SMARTS) is 1. The SMILES string of the molecule is NC(C(=O)NCC1CCN(C(=O)O)CC1)C1CCCCC1. The fourth-order valence-electron chi connectivity index (χ4n) is 3.40. The predicted octanol–water partition coefficient (Wildman–Crippen LogP) is 1.40. The second-order valence-electron chi connectivity index (χ2n) is 6.38. The van der Waals surface area contributed by atoms with Gasteiger partial charge in [-0.1, -0.05) is 19.3 Å². The second kappa shape index (κ2) is 7.64. The molecule has 1 saturated heterocycles. The van der Waals surface area contributed by atoms with E-state index in [0.717, 1.165) is 25.7 Å². The highest BCUT2D eigenvalue weighted by molar-refractivity contribution is 5.81. The fourth-order valence-corrected chi connectivity index (χ4v) is 3.40. The smallest absolute Gasteiger partial charge is 0.407 e. The van der Waals surface area contributed by atoms with Crippen LogP contribution in [0.3, 0.4) is 0 Å². The zero-order valence-corrected chi connectivity index (χ0v) is 12.6. The lowest BCUT2D eigenvalue weighted by atomic mass is 9.84. The highest BCUT2D eigenvalue weighted by Gasteiger charge is 2.27. The summed E-state index contributed by atoms with van der Waals surface area (Å²) in [5, 5.41) is 11.9. The van der Waals surface area contributed by atoms with E-state index in [1.165, 1.54) is 24.2 Å². The third kappa shape index (κ3) is 4.59. The van der Waals surface area contributed by atoms with Crippen LogP contribution in [0, 0.1) is 11.8 Å². The van der Waals surface area contributed by atoms with Gasteiger partial charge in [0.2, 0.25) is 5.91 Å². The normalized spacial score (nSPS) is 22.8. The van der Waals surface area contributed by atoms with Gasteiger partial charge in [-0.15, -0.1) is 0 Å². The van der Waals surface area contributed by atoms with Crippen molar-refractivity contribution in [3.8, 4) is 0 Å². The van der Waals surface area contributed by atoms with E-state index >= 15 is 0 Å². The topological polar surface area (TPSA) is 95.7 Å². The standard InChI is InChI=1S/C15H27N3O3/c16-13(12-4-2-1-3-5-12)14(19)17-10-11-6-8-18(9-7-11)15(20)21/h11-13H,1-10,16H2,(H,17,19)(H,20,21). The number of piperidine rings is 1. The Morgan fingerprint density at radius 2 is 1.76 bits per heavy atom. The minimum absolute atomic E-state index is 0.0393. The third-order valence-corrected chi connectivity index (χ3v) is 4.91.